The normalized spacial score (nSPS) is 24.0. The van der Waals surface area contributed by atoms with Crippen LogP contribution in [0.2, 0.25) is 0 Å². The molecule has 1 heterocycles. The molecule has 2 fully saturated rings. The van der Waals surface area contributed by atoms with Crippen molar-refractivity contribution in [3.05, 3.63) is 0 Å². The van der Waals surface area contributed by atoms with E-state index in [9.17, 15) is 23.1 Å². The van der Waals surface area contributed by atoms with Gasteiger partial charge in [-0.3, -0.25) is 4.79 Å². The Kier molecular flexibility index (Phi) is 5.94. The van der Waals surface area contributed by atoms with E-state index < -0.39 is 23.6 Å². The van der Waals surface area contributed by atoms with Crippen LogP contribution in [0.4, 0.5) is 13.2 Å². The lowest BCUT2D eigenvalue weighted by atomic mass is 9.80. The van der Waals surface area contributed by atoms with E-state index in [1.807, 2.05) is 0 Å². The van der Waals surface area contributed by atoms with Crippen LogP contribution in [-0.2, 0) is 9.53 Å². The third kappa shape index (κ3) is 4.18. The number of alkyl halides is 3. The Morgan fingerprint density at radius 3 is 2.35 bits per heavy atom. The summed E-state index contributed by atoms with van der Waals surface area (Å²) in [6.07, 6.45) is -2.10. The SMILES string of the molecule is COCCC1(C(=O)N2CCC(C(O)C(F)(F)F)CC2)CCCC1. The Balaban J connectivity index is 1.94. The summed E-state index contributed by atoms with van der Waals surface area (Å²) in [5.74, 6) is -0.746. The maximum absolute atomic E-state index is 12.9. The van der Waals surface area contributed by atoms with Gasteiger partial charge in [-0.05, 0) is 38.0 Å². The van der Waals surface area contributed by atoms with Gasteiger partial charge in [-0.1, -0.05) is 12.8 Å². The van der Waals surface area contributed by atoms with Gasteiger partial charge in [0.15, 0.2) is 6.10 Å². The molecular formula is C16H26F3NO3. The van der Waals surface area contributed by atoms with E-state index in [4.69, 9.17) is 4.74 Å². The molecule has 0 aromatic rings. The van der Waals surface area contributed by atoms with E-state index in [0.717, 1.165) is 25.7 Å². The number of nitrogens with zero attached hydrogens (tertiary/aromatic N) is 1. The maximum Gasteiger partial charge on any atom is 0.414 e. The van der Waals surface area contributed by atoms with Gasteiger partial charge in [-0.2, -0.15) is 13.2 Å². The van der Waals surface area contributed by atoms with E-state index in [-0.39, 0.29) is 18.7 Å². The van der Waals surface area contributed by atoms with Crippen LogP contribution in [-0.4, -0.2) is 55.0 Å². The quantitative estimate of drug-likeness (QED) is 0.839. The molecule has 0 aromatic carbocycles. The fraction of sp³-hybridized carbons (Fsp3) is 0.938. The Morgan fingerprint density at radius 2 is 1.87 bits per heavy atom. The minimum atomic E-state index is -4.58. The highest BCUT2D eigenvalue weighted by molar-refractivity contribution is 5.83. The van der Waals surface area contributed by atoms with Gasteiger partial charge in [0.1, 0.15) is 0 Å². The van der Waals surface area contributed by atoms with Gasteiger partial charge in [0.2, 0.25) is 5.91 Å². The van der Waals surface area contributed by atoms with Crippen molar-refractivity contribution in [3.63, 3.8) is 0 Å². The Morgan fingerprint density at radius 1 is 1.30 bits per heavy atom. The van der Waals surface area contributed by atoms with Gasteiger partial charge in [0, 0.05) is 26.8 Å². The number of rotatable bonds is 5. The second-order valence-electron chi connectivity index (χ2n) is 6.85. The number of aliphatic hydroxyl groups excluding tert-OH is 1. The lowest BCUT2D eigenvalue weighted by Gasteiger charge is -2.39. The molecule has 23 heavy (non-hydrogen) atoms. The van der Waals surface area contributed by atoms with Crippen molar-refractivity contribution >= 4 is 5.91 Å². The van der Waals surface area contributed by atoms with Crippen molar-refractivity contribution in [3.8, 4) is 0 Å². The summed E-state index contributed by atoms with van der Waals surface area (Å²) in [4.78, 5) is 14.6. The summed E-state index contributed by atoms with van der Waals surface area (Å²) in [5, 5.41) is 9.37. The van der Waals surface area contributed by atoms with Gasteiger partial charge in [0.25, 0.3) is 0 Å². The summed E-state index contributed by atoms with van der Waals surface area (Å²) in [7, 11) is 1.61. The summed E-state index contributed by atoms with van der Waals surface area (Å²) in [6.45, 7) is 1.12. The number of piperidine rings is 1. The molecule has 1 unspecified atom stereocenters. The third-order valence-electron chi connectivity index (χ3n) is 5.41. The summed E-state index contributed by atoms with van der Waals surface area (Å²) < 4.78 is 42.9. The standard InChI is InChI=1S/C16H26F3NO3/c1-23-11-8-15(6-2-3-7-15)14(22)20-9-4-12(5-10-20)13(21)16(17,18)19/h12-13,21H,2-11H2,1H3. The summed E-state index contributed by atoms with van der Waals surface area (Å²) in [6, 6.07) is 0. The van der Waals surface area contributed by atoms with Crippen LogP contribution < -0.4 is 0 Å². The molecule has 1 saturated heterocycles. The van der Waals surface area contributed by atoms with E-state index >= 15 is 0 Å². The smallest absolute Gasteiger partial charge is 0.385 e. The second-order valence-corrected chi connectivity index (χ2v) is 6.85. The predicted octanol–water partition coefficient (Wildman–Crippen LogP) is 2.75. The van der Waals surface area contributed by atoms with Crippen LogP contribution in [0.3, 0.4) is 0 Å². The van der Waals surface area contributed by atoms with E-state index in [0.29, 0.717) is 26.1 Å². The van der Waals surface area contributed by atoms with E-state index in [1.54, 1.807) is 12.0 Å². The van der Waals surface area contributed by atoms with Crippen LogP contribution in [0.5, 0.6) is 0 Å². The van der Waals surface area contributed by atoms with Crippen LogP contribution in [0.25, 0.3) is 0 Å². The maximum atomic E-state index is 12.9. The van der Waals surface area contributed by atoms with Crippen molar-refractivity contribution in [2.75, 3.05) is 26.8 Å². The number of carbonyl (C=O) groups is 1. The number of hydrogen-bond acceptors (Lipinski definition) is 3. The predicted molar refractivity (Wildman–Crippen MR) is 78.8 cm³/mol. The molecule has 1 saturated carbocycles. The molecule has 2 rings (SSSR count). The zero-order valence-corrected chi connectivity index (χ0v) is 13.6. The van der Waals surface area contributed by atoms with Gasteiger partial charge < -0.3 is 14.7 Å². The van der Waals surface area contributed by atoms with Crippen molar-refractivity contribution in [2.24, 2.45) is 11.3 Å². The topological polar surface area (TPSA) is 49.8 Å². The first-order valence-corrected chi connectivity index (χ1v) is 8.33. The Labute approximate surface area is 135 Å². The van der Waals surface area contributed by atoms with E-state index in [1.165, 1.54) is 0 Å². The van der Waals surface area contributed by atoms with Crippen molar-refractivity contribution in [1.29, 1.82) is 0 Å². The van der Waals surface area contributed by atoms with Crippen LogP contribution >= 0.6 is 0 Å². The zero-order valence-electron chi connectivity index (χ0n) is 13.6. The van der Waals surface area contributed by atoms with Gasteiger partial charge >= 0.3 is 6.18 Å². The first-order valence-electron chi connectivity index (χ1n) is 8.33. The molecule has 2 aliphatic rings. The summed E-state index contributed by atoms with van der Waals surface area (Å²) >= 11 is 0. The molecule has 0 bridgehead atoms. The molecule has 7 heteroatoms. The summed E-state index contributed by atoms with van der Waals surface area (Å²) in [5.41, 5.74) is -0.397. The highest BCUT2D eigenvalue weighted by atomic mass is 19.4. The Bertz CT molecular complexity index is 400. The van der Waals surface area contributed by atoms with Crippen LogP contribution in [0.15, 0.2) is 0 Å². The number of hydrogen-bond donors (Lipinski definition) is 1. The minimum Gasteiger partial charge on any atom is -0.385 e. The molecule has 1 atom stereocenters. The van der Waals surface area contributed by atoms with Crippen molar-refractivity contribution < 1.29 is 27.8 Å². The third-order valence-corrected chi connectivity index (χ3v) is 5.41. The molecule has 1 amide bonds. The molecule has 0 radical (unpaired) electrons. The fourth-order valence-corrected chi connectivity index (χ4v) is 3.94. The largest absolute Gasteiger partial charge is 0.414 e. The number of aliphatic hydroxyl groups is 1. The highest BCUT2D eigenvalue weighted by Crippen LogP contribution is 2.43. The van der Waals surface area contributed by atoms with Gasteiger partial charge in [-0.25, -0.2) is 0 Å². The number of likely N-dealkylation sites (tertiary alicyclic amines) is 1. The number of amides is 1. The first kappa shape index (κ1) is 18.5. The van der Waals surface area contributed by atoms with Gasteiger partial charge in [-0.15, -0.1) is 0 Å². The van der Waals surface area contributed by atoms with Gasteiger partial charge in [0.05, 0.1) is 5.41 Å². The lowest BCUT2D eigenvalue weighted by Crippen LogP contribution is -2.49. The molecule has 0 spiro atoms. The molecule has 1 N–H and O–H groups in total. The number of carbonyl (C=O) groups excluding carboxylic acids is 1. The average molecular weight is 337 g/mol. The first-order chi connectivity index (χ1) is 10.8. The lowest BCUT2D eigenvalue weighted by molar-refractivity contribution is -0.223. The fourth-order valence-electron chi connectivity index (χ4n) is 3.94. The minimum absolute atomic E-state index is 0.0620. The zero-order chi connectivity index (χ0) is 17.1. The molecular weight excluding hydrogens is 311 g/mol. The van der Waals surface area contributed by atoms with Crippen LogP contribution in [0.1, 0.15) is 44.9 Å². The van der Waals surface area contributed by atoms with Crippen molar-refractivity contribution in [1.82, 2.24) is 4.90 Å². The van der Waals surface area contributed by atoms with Crippen LogP contribution in [0, 0.1) is 11.3 Å². The molecule has 1 aliphatic carbocycles. The molecule has 0 aromatic heterocycles. The molecule has 134 valence electrons. The highest BCUT2D eigenvalue weighted by Gasteiger charge is 2.47. The monoisotopic (exact) mass is 337 g/mol. The second kappa shape index (κ2) is 7.38. The van der Waals surface area contributed by atoms with E-state index in [2.05, 4.69) is 0 Å². The Hall–Kier alpha value is -0.820. The number of ether oxygens (including phenoxy) is 1. The van der Waals surface area contributed by atoms with Crippen molar-refractivity contribution in [2.45, 2.75) is 57.2 Å². The number of halogens is 3. The molecule has 1 aliphatic heterocycles. The molecule has 4 nitrogen and oxygen atoms in total. The average Bonchev–Trinajstić information content (AvgIpc) is 3.01. The number of methoxy groups -OCH3 is 1.